The van der Waals surface area contributed by atoms with Gasteiger partial charge >= 0.3 is 6.36 Å². The first-order valence-corrected chi connectivity index (χ1v) is 5.47. The summed E-state index contributed by atoms with van der Waals surface area (Å²) in [4.78, 5) is 0. The van der Waals surface area contributed by atoms with Crippen molar-refractivity contribution < 1.29 is 17.9 Å². The first-order chi connectivity index (χ1) is 7.87. The van der Waals surface area contributed by atoms with Crippen LogP contribution in [0.1, 0.15) is 25.3 Å². The summed E-state index contributed by atoms with van der Waals surface area (Å²) in [6.45, 7) is 1.93. The highest BCUT2D eigenvalue weighted by atomic mass is 19.4. The number of hydrogen-bond donors (Lipinski definition) is 1. The van der Waals surface area contributed by atoms with Gasteiger partial charge in [0.25, 0.3) is 0 Å². The SMILES string of the molecule is CC(N)CCCc1ccc(OC(F)(F)F)cc1. The fourth-order valence-electron chi connectivity index (χ4n) is 1.49. The van der Waals surface area contributed by atoms with Crippen molar-refractivity contribution in [2.24, 2.45) is 5.73 Å². The summed E-state index contributed by atoms with van der Waals surface area (Å²) in [5.74, 6) is -0.187. The van der Waals surface area contributed by atoms with Gasteiger partial charge in [0, 0.05) is 6.04 Å². The largest absolute Gasteiger partial charge is 0.573 e. The van der Waals surface area contributed by atoms with E-state index in [0.717, 1.165) is 24.8 Å². The summed E-state index contributed by atoms with van der Waals surface area (Å²) in [6.07, 6.45) is -1.98. The van der Waals surface area contributed by atoms with E-state index in [0.29, 0.717) is 0 Å². The standard InChI is InChI=1S/C12H16F3NO/c1-9(16)3-2-4-10-5-7-11(8-6-10)17-12(13,14)15/h5-9H,2-4,16H2,1H3. The lowest BCUT2D eigenvalue weighted by molar-refractivity contribution is -0.274. The van der Waals surface area contributed by atoms with E-state index in [4.69, 9.17) is 5.73 Å². The lowest BCUT2D eigenvalue weighted by Crippen LogP contribution is -2.17. The second-order valence-electron chi connectivity index (χ2n) is 4.06. The van der Waals surface area contributed by atoms with Crippen LogP contribution >= 0.6 is 0 Å². The molecule has 2 N–H and O–H groups in total. The van der Waals surface area contributed by atoms with Gasteiger partial charge in [-0.25, -0.2) is 0 Å². The smallest absolute Gasteiger partial charge is 0.406 e. The molecule has 0 fully saturated rings. The van der Waals surface area contributed by atoms with Crippen LogP contribution in [0.4, 0.5) is 13.2 Å². The molecular weight excluding hydrogens is 231 g/mol. The number of benzene rings is 1. The highest BCUT2D eigenvalue weighted by Crippen LogP contribution is 2.23. The Balaban J connectivity index is 2.45. The van der Waals surface area contributed by atoms with Gasteiger partial charge in [-0.05, 0) is 43.9 Å². The van der Waals surface area contributed by atoms with Crippen LogP contribution in [0.25, 0.3) is 0 Å². The average Bonchev–Trinajstić information content (AvgIpc) is 2.18. The van der Waals surface area contributed by atoms with E-state index in [1.54, 1.807) is 12.1 Å². The van der Waals surface area contributed by atoms with Crippen LogP contribution in [0.2, 0.25) is 0 Å². The molecule has 0 radical (unpaired) electrons. The molecule has 0 bridgehead atoms. The lowest BCUT2D eigenvalue weighted by Gasteiger charge is -2.09. The van der Waals surface area contributed by atoms with E-state index in [2.05, 4.69) is 4.74 Å². The first kappa shape index (κ1) is 13.8. The molecule has 1 atom stereocenters. The van der Waals surface area contributed by atoms with Crippen molar-refractivity contribution in [3.05, 3.63) is 29.8 Å². The molecule has 5 heteroatoms. The van der Waals surface area contributed by atoms with E-state index >= 15 is 0 Å². The zero-order chi connectivity index (χ0) is 12.9. The van der Waals surface area contributed by atoms with Crippen LogP contribution in [-0.2, 0) is 6.42 Å². The molecule has 0 spiro atoms. The molecule has 0 saturated carbocycles. The van der Waals surface area contributed by atoms with Crippen molar-refractivity contribution in [2.45, 2.75) is 38.6 Å². The average molecular weight is 247 g/mol. The van der Waals surface area contributed by atoms with Crippen molar-refractivity contribution in [1.82, 2.24) is 0 Å². The number of hydrogen-bond acceptors (Lipinski definition) is 2. The molecule has 2 nitrogen and oxygen atoms in total. The minimum absolute atomic E-state index is 0.155. The van der Waals surface area contributed by atoms with Crippen molar-refractivity contribution >= 4 is 0 Å². The van der Waals surface area contributed by atoms with E-state index in [1.807, 2.05) is 6.92 Å². The zero-order valence-electron chi connectivity index (χ0n) is 9.63. The van der Waals surface area contributed by atoms with Gasteiger partial charge < -0.3 is 10.5 Å². The van der Waals surface area contributed by atoms with Crippen LogP contribution < -0.4 is 10.5 Å². The molecular formula is C12H16F3NO. The molecule has 1 aromatic carbocycles. The van der Waals surface area contributed by atoms with Gasteiger partial charge in [-0.2, -0.15) is 0 Å². The third-order valence-corrected chi connectivity index (χ3v) is 2.28. The molecule has 1 unspecified atom stereocenters. The minimum atomic E-state index is -4.63. The Morgan fingerprint density at radius 3 is 2.29 bits per heavy atom. The van der Waals surface area contributed by atoms with E-state index in [9.17, 15) is 13.2 Å². The zero-order valence-corrected chi connectivity index (χ0v) is 9.63. The predicted octanol–water partition coefficient (Wildman–Crippen LogP) is 3.26. The lowest BCUT2D eigenvalue weighted by atomic mass is 10.1. The maximum atomic E-state index is 11.9. The second-order valence-corrected chi connectivity index (χ2v) is 4.06. The molecule has 0 saturated heterocycles. The number of rotatable bonds is 5. The first-order valence-electron chi connectivity index (χ1n) is 5.47. The predicted molar refractivity (Wildman–Crippen MR) is 59.7 cm³/mol. The summed E-state index contributed by atoms with van der Waals surface area (Å²) in [5, 5.41) is 0. The summed E-state index contributed by atoms with van der Waals surface area (Å²) >= 11 is 0. The van der Waals surface area contributed by atoms with Crippen molar-refractivity contribution in [3.63, 3.8) is 0 Å². The Kier molecular flexibility index (Phi) is 4.81. The van der Waals surface area contributed by atoms with Gasteiger partial charge in [-0.1, -0.05) is 12.1 Å². The number of alkyl halides is 3. The molecule has 0 aliphatic carbocycles. The van der Waals surface area contributed by atoms with Crippen LogP contribution in [0.3, 0.4) is 0 Å². The molecule has 1 aromatic rings. The molecule has 0 aliphatic rings. The fourth-order valence-corrected chi connectivity index (χ4v) is 1.49. The molecule has 0 heterocycles. The Bertz CT molecular complexity index is 333. The summed E-state index contributed by atoms with van der Waals surface area (Å²) < 4.78 is 39.5. The monoisotopic (exact) mass is 247 g/mol. The molecule has 0 aromatic heterocycles. The van der Waals surface area contributed by atoms with Crippen LogP contribution in [0.5, 0.6) is 5.75 Å². The topological polar surface area (TPSA) is 35.2 Å². The Labute approximate surface area is 98.6 Å². The number of ether oxygens (including phenoxy) is 1. The van der Waals surface area contributed by atoms with E-state index in [-0.39, 0.29) is 11.8 Å². The number of nitrogens with two attached hydrogens (primary N) is 1. The highest BCUT2D eigenvalue weighted by molar-refractivity contribution is 5.27. The maximum absolute atomic E-state index is 11.9. The Morgan fingerprint density at radius 2 is 1.82 bits per heavy atom. The van der Waals surface area contributed by atoms with Gasteiger partial charge in [0.15, 0.2) is 0 Å². The van der Waals surface area contributed by atoms with Crippen molar-refractivity contribution in [3.8, 4) is 5.75 Å². The van der Waals surface area contributed by atoms with Crippen LogP contribution in [0, 0.1) is 0 Å². The third-order valence-electron chi connectivity index (χ3n) is 2.28. The Hall–Kier alpha value is -1.23. The van der Waals surface area contributed by atoms with Crippen molar-refractivity contribution in [2.75, 3.05) is 0 Å². The van der Waals surface area contributed by atoms with Crippen molar-refractivity contribution in [1.29, 1.82) is 0 Å². The molecule has 0 amide bonds. The quantitative estimate of drug-likeness (QED) is 0.866. The fraction of sp³-hybridized carbons (Fsp3) is 0.500. The summed E-state index contributed by atoms with van der Waals surface area (Å²) in [7, 11) is 0. The second kappa shape index (κ2) is 5.91. The molecule has 1 rings (SSSR count). The highest BCUT2D eigenvalue weighted by Gasteiger charge is 2.30. The normalized spacial score (nSPS) is 13.5. The summed E-state index contributed by atoms with van der Waals surface area (Å²) in [5.41, 5.74) is 6.59. The minimum Gasteiger partial charge on any atom is -0.406 e. The van der Waals surface area contributed by atoms with Crippen LogP contribution in [0.15, 0.2) is 24.3 Å². The maximum Gasteiger partial charge on any atom is 0.573 e. The van der Waals surface area contributed by atoms with Gasteiger partial charge in [-0.15, -0.1) is 13.2 Å². The van der Waals surface area contributed by atoms with Gasteiger partial charge in [0.05, 0.1) is 0 Å². The third kappa shape index (κ3) is 6.16. The number of halogens is 3. The van der Waals surface area contributed by atoms with Gasteiger partial charge in [0.2, 0.25) is 0 Å². The Morgan fingerprint density at radius 1 is 1.24 bits per heavy atom. The molecule has 17 heavy (non-hydrogen) atoms. The number of aryl methyl sites for hydroxylation is 1. The van der Waals surface area contributed by atoms with E-state index < -0.39 is 6.36 Å². The summed E-state index contributed by atoms with van der Waals surface area (Å²) in [6, 6.07) is 6.09. The van der Waals surface area contributed by atoms with E-state index in [1.165, 1.54) is 12.1 Å². The molecule has 96 valence electrons. The molecule has 0 aliphatic heterocycles. The van der Waals surface area contributed by atoms with Gasteiger partial charge in [-0.3, -0.25) is 0 Å². The van der Waals surface area contributed by atoms with Crippen LogP contribution in [-0.4, -0.2) is 12.4 Å². The van der Waals surface area contributed by atoms with Gasteiger partial charge in [0.1, 0.15) is 5.75 Å².